The number of halogens is 1. The Morgan fingerprint density at radius 2 is 1.84 bits per heavy atom. The summed E-state index contributed by atoms with van der Waals surface area (Å²) in [6, 6.07) is 3.10. The van der Waals surface area contributed by atoms with Gasteiger partial charge >= 0.3 is 11.7 Å². The molecule has 0 amide bonds. The van der Waals surface area contributed by atoms with E-state index in [2.05, 4.69) is 25.9 Å². The number of aromatic amines is 2. The number of imidazole rings is 1. The van der Waals surface area contributed by atoms with Crippen LogP contribution in [0.5, 0.6) is 0 Å². The number of carboxylic acid groups (broad SMARTS) is 1. The monoisotopic (exact) mass is 328 g/mol. The normalized spacial score (nSPS) is 10.8. The van der Waals surface area contributed by atoms with E-state index in [0.717, 1.165) is 0 Å². The highest BCUT2D eigenvalue weighted by Gasteiger charge is 2.13. The van der Waals surface area contributed by atoms with E-state index in [1.54, 1.807) is 6.07 Å². The first-order valence-electron chi connectivity index (χ1n) is 5.21. The number of aliphatic carboxylic acids is 1. The molecule has 0 saturated heterocycles. The Morgan fingerprint density at radius 1 is 1.21 bits per heavy atom. The van der Waals surface area contributed by atoms with Crippen molar-refractivity contribution < 1.29 is 19.4 Å². The van der Waals surface area contributed by atoms with Gasteiger partial charge in [-0.3, -0.25) is 4.79 Å². The zero-order valence-electron chi connectivity index (χ0n) is 9.53. The van der Waals surface area contributed by atoms with Gasteiger partial charge in [-0.1, -0.05) is 0 Å². The Morgan fingerprint density at radius 3 is 2.47 bits per heavy atom. The highest BCUT2D eigenvalue weighted by Crippen LogP contribution is 2.22. The highest BCUT2D eigenvalue weighted by molar-refractivity contribution is 9.10. The quantitative estimate of drug-likeness (QED) is 0.706. The van der Waals surface area contributed by atoms with Crippen molar-refractivity contribution in [2.75, 3.05) is 13.2 Å². The fraction of sp³-hybridized carbons (Fsp3) is 0.182. The Hall–Kier alpha value is -1.93. The first-order chi connectivity index (χ1) is 8.97. The summed E-state index contributed by atoms with van der Waals surface area (Å²) in [6.45, 7) is -0.877. The number of hydrogen-bond donors (Lipinski definition) is 3. The molecule has 8 heteroatoms. The number of nitrogens with one attached hydrogen (secondary N) is 2. The molecule has 0 bridgehead atoms. The van der Waals surface area contributed by atoms with Gasteiger partial charge in [-0.2, -0.15) is 0 Å². The van der Waals surface area contributed by atoms with Crippen molar-refractivity contribution in [3.8, 4) is 0 Å². The van der Waals surface area contributed by atoms with Crippen molar-refractivity contribution in [1.29, 1.82) is 0 Å². The zero-order chi connectivity index (χ0) is 14.0. The molecule has 2 aromatic rings. The fourth-order valence-corrected chi connectivity index (χ4v) is 2.14. The van der Waals surface area contributed by atoms with Gasteiger partial charge in [-0.05, 0) is 28.1 Å². The number of Topliss-reactive ketones (excluding diaryl/α,β-unsaturated/α-hetero) is 1. The molecule has 0 aliphatic carbocycles. The molecular formula is C11H9BrN2O5. The average Bonchev–Trinajstić information content (AvgIpc) is 2.66. The van der Waals surface area contributed by atoms with Crippen molar-refractivity contribution in [2.24, 2.45) is 0 Å². The number of H-pyrrole nitrogens is 2. The third-order valence-corrected chi connectivity index (χ3v) is 3.02. The van der Waals surface area contributed by atoms with E-state index in [1.807, 2.05) is 0 Å². The van der Waals surface area contributed by atoms with Crippen molar-refractivity contribution in [3.63, 3.8) is 0 Å². The Labute approximate surface area is 114 Å². The van der Waals surface area contributed by atoms with E-state index in [0.29, 0.717) is 21.1 Å². The van der Waals surface area contributed by atoms with E-state index in [1.165, 1.54) is 6.07 Å². The molecular weight excluding hydrogens is 320 g/mol. The van der Waals surface area contributed by atoms with E-state index in [4.69, 9.17) is 9.84 Å². The largest absolute Gasteiger partial charge is 0.480 e. The van der Waals surface area contributed by atoms with Gasteiger partial charge in [0.05, 0.1) is 11.0 Å². The number of fused-ring (bicyclic) bond motifs is 1. The van der Waals surface area contributed by atoms with Crippen LogP contribution < -0.4 is 5.69 Å². The van der Waals surface area contributed by atoms with Crippen LogP contribution in [0, 0.1) is 0 Å². The lowest BCUT2D eigenvalue weighted by atomic mass is 10.1. The maximum atomic E-state index is 11.8. The van der Waals surface area contributed by atoms with Crippen LogP contribution >= 0.6 is 15.9 Å². The number of aromatic nitrogens is 2. The predicted molar refractivity (Wildman–Crippen MR) is 69.4 cm³/mol. The third kappa shape index (κ3) is 3.09. The Kier molecular flexibility index (Phi) is 3.82. The second kappa shape index (κ2) is 5.37. The van der Waals surface area contributed by atoms with Crippen LogP contribution in [0.1, 0.15) is 10.4 Å². The summed E-state index contributed by atoms with van der Waals surface area (Å²) in [4.78, 5) is 38.3. The second-order valence-corrected chi connectivity index (χ2v) is 4.62. The molecule has 0 atom stereocenters. The highest BCUT2D eigenvalue weighted by atomic mass is 79.9. The number of benzene rings is 1. The molecule has 1 aromatic carbocycles. The van der Waals surface area contributed by atoms with Crippen molar-refractivity contribution in [3.05, 3.63) is 32.7 Å². The molecule has 0 fully saturated rings. The van der Waals surface area contributed by atoms with Crippen LogP contribution in [-0.4, -0.2) is 40.0 Å². The summed E-state index contributed by atoms with van der Waals surface area (Å²) >= 11 is 3.22. The Balaban J connectivity index is 2.23. The van der Waals surface area contributed by atoms with Gasteiger partial charge in [0.25, 0.3) is 0 Å². The molecule has 0 saturated carbocycles. The summed E-state index contributed by atoms with van der Waals surface area (Å²) in [5.74, 6) is -1.52. The van der Waals surface area contributed by atoms with Crippen molar-refractivity contribution in [1.82, 2.24) is 9.97 Å². The van der Waals surface area contributed by atoms with E-state index in [-0.39, 0.29) is 18.1 Å². The molecule has 2 rings (SSSR count). The van der Waals surface area contributed by atoms with Crippen LogP contribution in [0.15, 0.2) is 21.4 Å². The van der Waals surface area contributed by atoms with Gasteiger partial charge in [0.1, 0.15) is 13.2 Å². The summed E-state index contributed by atoms with van der Waals surface area (Å²) in [7, 11) is 0. The summed E-state index contributed by atoms with van der Waals surface area (Å²) in [5.41, 5.74) is 1.01. The number of ketones is 1. The minimum absolute atomic E-state index is 0.313. The lowest BCUT2D eigenvalue weighted by molar-refractivity contribution is -0.141. The van der Waals surface area contributed by atoms with Crippen molar-refractivity contribution >= 4 is 38.7 Å². The number of ether oxygens (including phenoxy) is 1. The van der Waals surface area contributed by atoms with Crippen LogP contribution in [0.4, 0.5) is 0 Å². The van der Waals surface area contributed by atoms with Gasteiger partial charge in [-0.15, -0.1) is 0 Å². The minimum Gasteiger partial charge on any atom is -0.480 e. The lowest BCUT2D eigenvalue weighted by Crippen LogP contribution is -2.14. The molecule has 19 heavy (non-hydrogen) atoms. The third-order valence-electron chi connectivity index (χ3n) is 2.36. The molecule has 0 aliphatic rings. The maximum Gasteiger partial charge on any atom is 0.329 e. The first-order valence-corrected chi connectivity index (χ1v) is 6.01. The standard InChI is InChI=1S/C11H9BrN2O5/c12-6-2-8-7(13-11(18)14-8)1-5(6)9(15)3-19-4-10(16)17/h1-2H,3-4H2,(H,16,17)(H2,13,14,18). The van der Waals surface area contributed by atoms with Crippen LogP contribution in [0.2, 0.25) is 0 Å². The molecule has 100 valence electrons. The number of hydrogen-bond acceptors (Lipinski definition) is 4. The lowest BCUT2D eigenvalue weighted by Gasteiger charge is -2.04. The molecule has 3 N–H and O–H groups in total. The van der Waals surface area contributed by atoms with Gasteiger partial charge in [-0.25, -0.2) is 9.59 Å². The van der Waals surface area contributed by atoms with Crippen LogP contribution in [0.3, 0.4) is 0 Å². The van der Waals surface area contributed by atoms with Gasteiger partial charge < -0.3 is 19.8 Å². The average molecular weight is 329 g/mol. The molecule has 1 aromatic heterocycles. The summed E-state index contributed by atoms with van der Waals surface area (Å²) in [6.07, 6.45) is 0. The summed E-state index contributed by atoms with van der Waals surface area (Å²) in [5, 5.41) is 8.41. The second-order valence-electron chi connectivity index (χ2n) is 3.77. The number of carbonyl (C=O) groups excluding carboxylic acids is 1. The molecule has 1 heterocycles. The van der Waals surface area contributed by atoms with Crippen LogP contribution in [0.25, 0.3) is 11.0 Å². The smallest absolute Gasteiger partial charge is 0.329 e. The van der Waals surface area contributed by atoms with Crippen molar-refractivity contribution in [2.45, 2.75) is 0 Å². The predicted octanol–water partition coefficient (Wildman–Crippen LogP) is 0.903. The molecule has 0 unspecified atom stereocenters. The zero-order valence-corrected chi connectivity index (χ0v) is 11.1. The molecule has 0 spiro atoms. The Bertz CT molecular complexity index is 703. The maximum absolute atomic E-state index is 11.8. The van der Waals surface area contributed by atoms with E-state index >= 15 is 0 Å². The van der Waals surface area contributed by atoms with Gasteiger partial charge in [0, 0.05) is 10.0 Å². The van der Waals surface area contributed by atoms with E-state index < -0.39 is 12.6 Å². The number of carboxylic acids is 1. The fourth-order valence-electron chi connectivity index (χ4n) is 1.58. The minimum atomic E-state index is -1.14. The molecule has 0 aliphatic heterocycles. The van der Waals surface area contributed by atoms with Gasteiger partial charge in [0.15, 0.2) is 5.78 Å². The van der Waals surface area contributed by atoms with Gasteiger partial charge in [0.2, 0.25) is 0 Å². The SMILES string of the molecule is O=C(O)COCC(=O)c1cc2[nH]c(=O)[nH]c2cc1Br. The topological polar surface area (TPSA) is 112 Å². The summed E-state index contributed by atoms with van der Waals surface area (Å²) < 4.78 is 5.23. The number of carbonyl (C=O) groups is 2. The van der Waals surface area contributed by atoms with E-state index in [9.17, 15) is 14.4 Å². The molecule has 0 radical (unpaired) electrons. The number of rotatable bonds is 5. The molecule has 7 nitrogen and oxygen atoms in total. The first kappa shape index (κ1) is 13.5. The van der Waals surface area contributed by atoms with Crippen LogP contribution in [-0.2, 0) is 9.53 Å².